The van der Waals surface area contributed by atoms with Crippen molar-refractivity contribution in [3.05, 3.63) is 29.8 Å². The summed E-state index contributed by atoms with van der Waals surface area (Å²) in [7, 11) is 0. The van der Waals surface area contributed by atoms with E-state index in [4.69, 9.17) is 4.74 Å². The largest absolute Gasteiger partial charge is 0.377 e. The number of anilines is 1. The molecular weight excluding hydrogens is 290 g/mol. The Balaban J connectivity index is 1.48. The number of ether oxygens (including phenoxy) is 1. The van der Waals surface area contributed by atoms with E-state index >= 15 is 0 Å². The highest BCUT2D eigenvalue weighted by atomic mass is 16.5. The number of nitrogens with zero attached hydrogens (tertiary/aromatic N) is 2. The maximum absolute atomic E-state index is 12.5. The van der Waals surface area contributed by atoms with Gasteiger partial charge >= 0.3 is 6.03 Å². The van der Waals surface area contributed by atoms with Gasteiger partial charge in [0.15, 0.2) is 0 Å². The number of para-hydroxylation sites is 1. The molecule has 0 spiro atoms. The molecule has 5 heteroatoms. The fraction of sp³-hybridized carbons (Fsp3) is 0.611. The van der Waals surface area contributed by atoms with Gasteiger partial charge in [0, 0.05) is 45.0 Å². The van der Waals surface area contributed by atoms with E-state index in [9.17, 15) is 4.79 Å². The van der Waals surface area contributed by atoms with Crippen LogP contribution in [-0.4, -0.2) is 61.3 Å². The molecule has 126 valence electrons. The molecule has 1 atom stereocenters. The van der Waals surface area contributed by atoms with E-state index < -0.39 is 0 Å². The normalized spacial score (nSPS) is 22.3. The Hall–Kier alpha value is -1.59. The lowest BCUT2D eigenvalue weighted by Crippen LogP contribution is -2.51. The maximum atomic E-state index is 12.5. The first-order chi connectivity index (χ1) is 11.3. The van der Waals surface area contributed by atoms with Crippen molar-refractivity contribution >= 4 is 11.7 Å². The van der Waals surface area contributed by atoms with Crippen molar-refractivity contribution in [2.75, 3.05) is 44.6 Å². The van der Waals surface area contributed by atoms with E-state index in [0.717, 1.165) is 51.4 Å². The Morgan fingerprint density at radius 3 is 2.74 bits per heavy atom. The standard InChI is InChI=1S/C18H27N3O2/c1-2-15-6-3-4-8-17(15)19-18(22)21-11-9-20(10-12-21)14-16-7-5-13-23-16/h3-4,6,8,16H,2,5,7,9-14H2,1H3,(H,19,22). The number of piperazine rings is 1. The summed E-state index contributed by atoms with van der Waals surface area (Å²) in [5, 5.41) is 3.06. The first-order valence-corrected chi connectivity index (χ1v) is 8.74. The van der Waals surface area contributed by atoms with Gasteiger partial charge < -0.3 is 15.0 Å². The molecule has 0 bridgehead atoms. The topological polar surface area (TPSA) is 44.8 Å². The molecule has 0 aromatic heterocycles. The Labute approximate surface area is 138 Å². The molecule has 2 heterocycles. The lowest BCUT2D eigenvalue weighted by molar-refractivity contribution is 0.0572. The van der Waals surface area contributed by atoms with Gasteiger partial charge in [-0.15, -0.1) is 0 Å². The van der Waals surface area contributed by atoms with Crippen LogP contribution in [0, 0.1) is 0 Å². The molecule has 1 aromatic carbocycles. The molecule has 0 aliphatic carbocycles. The van der Waals surface area contributed by atoms with E-state index in [1.54, 1.807) is 0 Å². The zero-order chi connectivity index (χ0) is 16.1. The zero-order valence-corrected chi connectivity index (χ0v) is 14.0. The Kier molecular flexibility index (Phi) is 5.51. The number of carbonyl (C=O) groups excluding carboxylic acids is 1. The van der Waals surface area contributed by atoms with E-state index in [1.807, 2.05) is 23.1 Å². The fourth-order valence-electron chi connectivity index (χ4n) is 3.35. The van der Waals surface area contributed by atoms with Gasteiger partial charge in [-0.25, -0.2) is 4.79 Å². The third-order valence-electron chi connectivity index (χ3n) is 4.79. The van der Waals surface area contributed by atoms with Crippen LogP contribution in [0.5, 0.6) is 0 Å². The van der Waals surface area contributed by atoms with Crippen molar-refractivity contribution < 1.29 is 9.53 Å². The van der Waals surface area contributed by atoms with E-state index in [0.29, 0.717) is 6.10 Å². The van der Waals surface area contributed by atoms with Crippen LogP contribution in [-0.2, 0) is 11.2 Å². The molecule has 1 unspecified atom stereocenters. The summed E-state index contributed by atoms with van der Waals surface area (Å²) in [4.78, 5) is 16.8. The number of aryl methyl sites for hydroxylation is 1. The van der Waals surface area contributed by atoms with Crippen LogP contribution in [0.4, 0.5) is 10.5 Å². The summed E-state index contributed by atoms with van der Waals surface area (Å²) >= 11 is 0. The number of hydrogen-bond acceptors (Lipinski definition) is 3. The number of nitrogens with one attached hydrogen (secondary N) is 1. The monoisotopic (exact) mass is 317 g/mol. The molecule has 2 saturated heterocycles. The quantitative estimate of drug-likeness (QED) is 0.928. The van der Waals surface area contributed by atoms with Gasteiger partial charge in [-0.1, -0.05) is 25.1 Å². The second kappa shape index (κ2) is 7.79. The van der Waals surface area contributed by atoms with Crippen LogP contribution in [0.1, 0.15) is 25.3 Å². The smallest absolute Gasteiger partial charge is 0.321 e. The van der Waals surface area contributed by atoms with Gasteiger partial charge in [-0.05, 0) is 30.9 Å². The minimum Gasteiger partial charge on any atom is -0.377 e. The molecule has 1 N–H and O–H groups in total. The molecule has 0 saturated carbocycles. The third-order valence-corrected chi connectivity index (χ3v) is 4.79. The molecular formula is C18H27N3O2. The summed E-state index contributed by atoms with van der Waals surface area (Å²) in [5.74, 6) is 0. The number of urea groups is 1. The highest BCUT2D eigenvalue weighted by molar-refractivity contribution is 5.90. The Morgan fingerprint density at radius 1 is 1.26 bits per heavy atom. The number of rotatable bonds is 4. The first-order valence-electron chi connectivity index (χ1n) is 8.74. The maximum Gasteiger partial charge on any atom is 0.321 e. The van der Waals surface area contributed by atoms with Gasteiger partial charge in [0.1, 0.15) is 0 Å². The van der Waals surface area contributed by atoms with E-state index in [1.165, 1.54) is 18.4 Å². The fourth-order valence-corrected chi connectivity index (χ4v) is 3.35. The van der Waals surface area contributed by atoms with Gasteiger partial charge in [-0.3, -0.25) is 4.90 Å². The van der Waals surface area contributed by atoms with Gasteiger partial charge in [-0.2, -0.15) is 0 Å². The molecule has 5 nitrogen and oxygen atoms in total. The molecule has 2 aliphatic heterocycles. The average molecular weight is 317 g/mol. The molecule has 2 fully saturated rings. The van der Waals surface area contributed by atoms with Crippen molar-refractivity contribution in [2.24, 2.45) is 0 Å². The van der Waals surface area contributed by atoms with Crippen LogP contribution < -0.4 is 5.32 Å². The van der Waals surface area contributed by atoms with Crippen molar-refractivity contribution in [3.63, 3.8) is 0 Å². The Morgan fingerprint density at radius 2 is 2.04 bits per heavy atom. The third kappa shape index (κ3) is 4.24. The molecule has 0 radical (unpaired) electrons. The van der Waals surface area contributed by atoms with Gasteiger partial charge in [0.2, 0.25) is 0 Å². The van der Waals surface area contributed by atoms with Crippen molar-refractivity contribution in [2.45, 2.75) is 32.3 Å². The summed E-state index contributed by atoms with van der Waals surface area (Å²) < 4.78 is 5.70. The van der Waals surface area contributed by atoms with Crippen molar-refractivity contribution in [1.82, 2.24) is 9.80 Å². The molecule has 3 rings (SSSR count). The van der Waals surface area contributed by atoms with Crippen molar-refractivity contribution in [3.8, 4) is 0 Å². The SMILES string of the molecule is CCc1ccccc1NC(=O)N1CCN(CC2CCCO2)CC1. The number of amides is 2. The predicted molar refractivity (Wildman–Crippen MR) is 91.8 cm³/mol. The Bertz CT molecular complexity index is 521. The molecule has 2 amide bonds. The summed E-state index contributed by atoms with van der Waals surface area (Å²) in [6.45, 7) is 7.46. The van der Waals surface area contributed by atoms with Gasteiger partial charge in [0.25, 0.3) is 0 Å². The van der Waals surface area contributed by atoms with Crippen LogP contribution in [0.2, 0.25) is 0 Å². The van der Waals surface area contributed by atoms with Crippen LogP contribution in [0.15, 0.2) is 24.3 Å². The summed E-state index contributed by atoms with van der Waals surface area (Å²) in [6, 6.07) is 8.04. The lowest BCUT2D eigenvalue weighted by Gasteiger charge is -2.35. The second-order valence-electron chi connectivity index (χ2n) is 6.36. The molecule has 1 aromatic rings. The zero-order valence-electron chi connectivity index (χ0n) is 14.0. The van der Waals surface area contributed by atoms with E-state index in [2.05, 4.69) is 23.2 Å². The minimum absolute atomic E-state index is 0.0164. The van der Waals surface area contributed by atoms with Crippen LogP contribution in [0.25, 0.3) is 0 Å². The van der Waals surface area contributed by atoms with Crippen LogP contribution >= 0.6 is 0 Å². The summed E-state index contributed by atoms with van der Waals surface area (Å²) in [6.07, 6.45) is 3.68. The average Bonchev–Trinajstić information content (AvgIpc) is 3.09. The highest BCUT2D eigenvalue weighted by Gasteiger charge is 2.25. The molecule has 23 heavy (non-hydrogen) atoms. The number of hydrogen-bond donors (Lipinski definition) is 1. The first kappa shape index (κ1) is 16.3. The number of benzene rings is 1. The van der Waals surface area contributed by atoms with Gasteiger partial charge in [0.05, 0.1) is 6.10 Å². The summed E-state index contributed by atoms with van der Waals surface area (Å²) in [5.41, 5.74) is 2.11. The second-order valence-corrected chi connectivity index (χ2v) is 6.36. The van der Waals surface area contributed by atoms with E-state index in [-0.39, 0.29) is 6.03 Å². The number of carbonyl (C=O) groups is 1. The lowest BCUT2D eigenvalue weighted by atomic mass is 10.1. The highest BCUT2D eigenvalue weighted by Crippen LogP contribution is 2.17. The van der Waals surface area contributed by atoms with Crippen molar-refractivity contribution in [1.29, 1.82) is 0 Å². The van der Waals surface area contributed by atoms with Crippen LogP contribution in [0.3, 0.4) is 0 Å². The minimum atomic E-state index is 0.0164. The molecule has 2 aliphatic rings. The predicted octanol–water partition coefficient (Wildman–Crippen LogP) is 2.58.